The maximum Gasteiger partial charge on any atom is 0.408 e. The van der Waals surface area contributed by atoms with Gasteiger partial charge in [0.05, 0.1) is 5.92 Å². The lowest BCUT2D eigenvalue weighted by Crippen LogP contribution is -2.51. The highest BCUT2D eigenvalue weighted by atomic mass is 16.5. The molecule has 1 heterocycles. The summed E-state index contributed by atoms with van der Waals surface area (Å²) in [6, 6.07) is 7.75. The maximum absolute atomic E-state index is 13.3. The van der Waals surface area contributed by atoms with E-state index in [1.54, 1.807) is 12.1 Å². The van der Waals surface area contributed by atoms with Crippen molar-refractivity contribution in [1.82, 2.24) is 10.2 Å². The molecule has 4 atom stereocenters. The van der Waals surface area contributed by atoms with Crippen molar-refractivity contribution in [3.63, 3.8) is 0 Å². The number of fused-ring (bicyclic) bond motifs is 1. The van der Waals surface area contributed by atoms with Crippen molar-refractivity contribution in [2.45, 2.75) is 57.2 Å². The molecule has 31 heavy (non-hydrogen) atoms. The zero-order chi connectivity index (χ0) is 22.4. The molecule has 9 heteroatoms. The highest BCUT2D eigenvalue weighted by Gasteiger charge is 2.48. The van der Waals surface area contributed by atoms with Gasteiger partial charge in [0.25, 0.3) is 0 Å². The lowest BCUT2D eigenvalue weighted by atomic mass is 9.80. The molecule has 3 unspecified atom stereocenters. The second-order valence-corrected chi connectivity index (χ2v) is 8.14. The van der Waals surface area contributed by atoms with E-state index in [-0.39, 0.29) is 38.0 Å². The zero-order valence-electron chi connectivity index (χ0n) is 17.2. The minimum absolute atomic E-state index is 0.0159. The lowest BCUT2D eigenvalue weighted by molar-refractivity contribution is -0.143. The summed E-state index contributed by atoms with van der Waals surface area (Å²) < 4.78 is 5.18. The average Bonchev–Trinajstić information content (AvgIpc) is 3.15. The molecule has 2 amide bonds. The van der Waals surface area contributed by atoms with E-state index in [0.717, 1.165) is 24.8 Å². The van der Waals surface area contributed by atoms with Crippen LogP contribution in [0.1, 0.15) is 44.1 Å². The summed E-state index contributed by atoms with van der Waals surface area (Å²) in [5, 5.41) is 21.1. The fraction of sp³-hybridized carbons (Fsp3) is 0.545. The van der Waals surface area contributed by atoms with Crippen molar-refractivity contribution in [3.8, 4) is 0 Å². The number of benzene rings is 1. The molecule has 0 bridgehead atoms. The molecule has 3 N–H and O–H groups in total. The van der Waals surface area contributed by atoms with Gasteiger partial charge in [0.15, 0.2) is 0 Å². The van der Waals surface area contributed by atoms with E-state index in [1.807, 2.05) is 18.2 Å². The molecular weight excluding hydrogens is 404 g/mol. The van der Waals surface area contributed by atoms with Crippen LogP contribution in [-0.2, 0) is 25.7 Å². The molecule has 1 aliphatic heterocycles. The number of hydrogen-bond donors (Lipinski definition) is 3. The summed E-state index contributed by atoms with van der Waals surface area (Å²) in [6.07, 6.45) is 2.08. The van der Waals surface area contributed by atoms with Crippen molar-refractivity contribution in [1.29, 1.82) is 0 Å². The summed E-state index contributed by atoms with van der Waals surface area (Å²) in [6.45, 7) is 0.0931. The van der Waals surface area contributed by atoms with E-state index < -0.39 is 35.9 Å². The quantitative estimate of drug-likeness (QED) is 0.574. The van der Waals surface area contributed by atoms with Crippen molar-refractivity contribution in [3.05, 3.63) is 35.9 Å². The number of carboxylic acid groups (broad SMARTS) is 2. The van der Waals surface area contributed by atoms with Crippen LogP contribution < -0.4 is 5.32 Å². The van der Waals surface area contributed by atoms with Crippen LogP contribution in [0.25, 0.3) is 0 Å². The lowest BCUT2D eigenvalue weighted by Gasteiger charge is -2.34. The molecule has 0 spiro atoms. The second-order valence-electron chi connectivity index (χ2n) is 8.14. The third kappa shape index (κ3) is 5.74. The number of aliphatic carboxylic acids is 2. The van der Waals surface area contributed by atoms with Crippen LogP contribution >= 0.6 is 0 Å². The van der Waals surface area contributed by atoms with Crippen molar-refractivity contribution in [2.75, 3.05) is 6.54 Å². The van der Waals surface area contributed by atoms with Gasteiger partial charge in [0.2, 0.25) is 5.91 Å². The molecule has 1 aliphatic carbocycles. The summed E-state index contributed by atoms with van der Waals surface area (Å²) >= 11 is 0. The normalized spacial score (nSPS) is 23.5. The van der Waals surface area contributed by atoms with Gasteiger partial charge >= 0.3 is 18.0 Å². The van der Waals surface area contributed by atoms with Gasteiger partial charge in [-0.3, -0.25) is 14.4 Å². The predicted molar refractivity (Wildman–Crippen MR) is 109 cm³/mol. The first kappa shape index (κ1) is 22.6. The van der Waals surface area contributed by atoms with Gasteiger partial charge in [0.1, 0.15) is 12.6 Å². The number of alkyl carbamates (subject to hydrolysis) is 1. The van der Waals surface area contributed by atoms with Crippen LogP contribution in [0.15, 0.2) is 30.3 Å². The molecule has 9 nitrogen and oxygen atoms in total. The molecule has 168 valence electrons. The molecule has 1 saturated heterocycles. The van der Waals surface area contributed by atoms with E-state index in [4.69, 9.17) is 9.84 Å². The Morgan fingerprint density at radius 2 is 1.81 bits per heavy atom. The minimum Gasteiger partial charge on any atom is -0.481 e. The van der Waals surface area contributed by atoms with Gasteiger partial charge in [-0.1, -0.05) is 43.2 Å². The molecule has 0 aromatic heterocycles. The Morgan fingerprint density at radius 1 is 1.10 bits per heavy atom. The number of nitrogens with one attached hydrogen (secondary N) is 1. The Balaban J connectivity index is 1.68. The topological polar surface area (TPSA) is 133 Å². The van der Waals surface area contributed by atoms with Gasteiger partial charge in [-0.2, -0.15) is 0 Å². The van der Waals surface area contributed by atoms with Crippen LogP contribution in [0.5, 0.6) is 0 Å². The molecule has 2 aliphatic rings. The van der Waals surface area contributed by atoms with Crippen molar-refractivity contribution < 1.29 is 34.1 Å². The Bertz CT molecular complexity index is 813. The smallest absolute Gasteiger partial charge is 0.408 e. The Labute approximate surface area is 180 Å². The van der Waals surface area contributed by atoms with Crippen LogP contribution in [0, 0.1) is 11.8 Å². The second kappa shape index (κ2) is 10.3. The first-order valence-corrected chi connectivity index (χ1v) is 10.6. The van der Waals surface area contributed by atoms with Gasteiger partial charge in [0, 0.05) is 19.0 Å². The van der Waals surface area contributed by atoms with E-state index in [0.29, 0.717) is 6.42 Å². The third-order valence-electron chi connectivity index (χ3n) is 6.14. The first-order chi connectivity index (χ1) is 14.9. The number of rotatable bonds is 8. The number of likely N-dealkylation sites (tertiary alicyclic amines) is 1. The van der Waals surface area contributed by atoms with Crippen LogP contribution in [0.4, 0.5) is 4.79 Å². The Hall–Kier alpha value is -3.10. The van der Waals surface area contributed by atoms with Crippen molar-refractivity contribution in [2.24, 2.45) is 11.8 Å². The molecule has 3 rings (SSSR count). The minimum atomic E-state index is -1.09. The molecule has 1 aromatic carbocycles. The number of hydrogen-bond acceptors (Lipinski definition) is 5. The molecule has 1 saturated carbocycles. The van der Waals surface area contributed by atoms with E-state index in [2.05, 4.69) is 5.32 Å². The number of ether oxygens (including phenoxy) is 1. The van der Waals surface area contributed by atoms with E-state index in [1.165, 1.54) is 4.90 Å². The standard InChI is InChI=1S/C22H28N2O7/c25-19(26)11-10-17(23-22(30)31-13-14-6-2-1-3-7-14)20(27)24-12-16(21(28)29)15-8-4-5-9-18(15)24/h1-3,6-7,15-18H,4-5,8-13H2,(H,23,30)(H,25,26)(H,28,29)/t15?,16?,17-,18?/m1/s1. The maximum atomic E-state index is 13.3. The Morgan fingerprint density at radius 3 is 2.48 bits per heavy atom. The van der Waals surface area contributed by atoms with Crippen LogP contribution in [-0.4, -0.2) is 57.7 Å². The van der Waals surface area contributed by atoms with Crippen molar-refractivity contribution >= 4 is 23.9 Å². The highest BCUT2D eigenvalue weighted by molar-refractivity contribution is 5.87. The zero-order valence-corrected chi connectivity index (χ0v) is 17.2. The number of nitrogens with zero attached hydrogens (tertiary/aromatic N) is 1. The number of carbonyl (C=O) groups is 4. The number of carboxylic acids is 2. The van der Waals surface area contributed by atoms with E-state index >= 15 is 0 Å². The highest BCUT2D eigenvalue weighted by Crippen LogP contribution is 2.40. The largest absolute Gasteiger partial charge is 0.481 e. The SMILES string of the molecule is O=C(O)CC[C@@H](NC(=O)OCc1ccccc1)C(=O)N1CC(C(=O)O)C2CCCCC21. The summed E-state index contributed by atoms with van der Waals surface area (Å²) in [5.74, 6) is -3.21. The molecule has 0 radical (unpaired) electrons. The summed E-state index contributed by atoms with van der Waals surface area (Å²) in [5.41, 5.74) is 0.778. The first-order valence-electron chi connectivity index (χ1n) is 10.6. The molecule has 2 fully saturated rings. The molecular formula is C22H28N2O7. The van der Waals surface area contributed by atoms with Crippen LogP contribution in [0.2, 0.25) is 0 Å². The summed E-state index contributed by atoms with van der Waals surface area (Å²) in [4.78, 5) is 49.9. The number of amides is 2. The van der Waals surface area contributed by atoms with Crippen LogP contribution in [0.3, 0.4) is 0 Å². The fourth-order valence-corrected chi connectivity index (χ4v) is 4.63. The molecule has 1 aromatic rings. The van der Waals surface area contributed by atoms with Gasteiger partial charge in [-0.25, -0.2) is 4.79 Å². The number of carbonyl (C=O) groups excluding carboxylic acids is 2. The van der Waals surface area contributed by atoms with Gasteiger partial charge in [-0.05, 0) is 30.7 Å². The predicted octanol–water partition coefficient (Wildman–Crippen LogP) is 2.25. The average molecular weight is 432 g/mol. The Kier molecular flexibility index (Phi) is 7.49. The van der Waals surface area contributed by atoms with Gasteiger partial charge < -0.3 is 25.2 Å². The summed E-state index contributed by atoms with van der Waals surface area (Å²) in [7, 11) is 0. The third-order valence-corrected chi connectivity index (χ3v) is 6.14. The fourth-order valence-electron chi connectivity index (χ4n) is 4.63. The monoisotopic (exact) mass is 432 g/mol. The van der Waals surface area contributed by atoms with Gasteiger partial charge in [-0.15, -0.1) is 0 Å². The van der Waals surface area contributed by atoms with E-state index in [9.17, 15) is 24.3 Å².